The molecule has 1 unspecified atom stereocenters. The van der Waals surface area contributed by atoms with E-state index in [-0.39, 0.29) is 17.9 Å². The molecule has 0 fully saturated rings. The second-order valence-corrected chi connectivity index (χ2v) is 16.1. The van der Waals surface area contributed by atoms with Crippen molar-refractivity contribution in [3.05, 3.63) is 45.6 Å². The fraction of sp³-hybridized carbons (Fsp3) is 0.421. The van der Waals surface area contributed by atoms with E-state index in [9.17, 15) is 13.2 Å². The van der Waals surface area contributed by atoms with Crippen LogP contribution in [0.4, 0.5) is 0 Å². The molecule has 0 radical (unpaired) electrons. The Balaban J connectivity index is 3.49. The number of hydrogen-bond donors (Lipinski definition) is 0. The van der Waals surface area contributed by atoms with Crippen LogP contribution in [0, 0.1) is 15.9 Å². The molecule has 27 heavy (non-hydrogen) atoms. The predicted molar refractivity (Wildman–Crippen MR) is 121 cm³/mol. The molecule has 0 spiro atoms. The number of carbonyl (C=O) groups excluding carboxylic acids is 1. The SMILES string of the molecule is C#CCN(C(C(=C)C(=O)OC)c1ccccc1I)S(=O)(=O)CC[Si](C)(C)C. The van der Waals surface area contributed by atoms with Gasteiger partial charge in [0.2, 0.25) is 10.0 Å². The van der Waals surface area contributed by atoms with Crippen molar-refractivity contribution in [2.24, 2.45) is 0 Å². The van der Waals surface area contributed by atoms with Gasteiger partial charge in [0.15, 0.2) is 0 Å². The lowest BCUT2D eigenvalue weighted by molar-refractivity contribution is -0.136. The number of benzene rings is 1. The van der Waals surface area contributed by atoms with Crippen LogP contribution in [0.3, 0.4) is 0 Å². The van der Waals surface area contributed by atoms with Crippen molar-refractivity contribution in [2.45, 2.75) is 31.7 Å². The van der Waals surface area contributed by atoms with E-state index < -0.39 is 30.1 Å². The number of methoxy groups -OCH3 is 1. The molecule has 0 N–H and O–H groups in total. The van der Waals surface area contributed by atoms with E-state index in [0.29, 0.717) is 11.6 Å². The summed E-state index contributed by atoms with van der Waals surface area (Å²) >= 11 is 2.11. The molecule has 1 aromatic carbocycles. The zero-order chi connectivity index (χ0) is 20.8. The molecule has 1 rings (SSSR count). The topological polar surface area (TPSA) is 63.7 Å². The fourth-order valence-corrected chi connectivity index (χ4v) is 7.68. The zero-order valence-electron chi connectivity index (χ0n) is 16.2. The van der Waals surface area contributed by atoms with Gasteiger partial charge in [-0.2, -0.15) is 4.31 Å². The number of ether oxygens (including phenoxy) is 1. The highest BCUT2D eigenvalue weighted by Gasteiger charge is 2.36. The summed E-state index contributed by atoms with van der Waals surface area (Å²) in [5, 5.41) is 0. The van der Waals surface area contributed by atoms with Crippen LogP contribution >= 0.6 is 22.6 Å². The molecule has 5 nitrogen and oxygen atoms in total. The minimum atomic E-state index is -3.71. The second kappa shape index (κ2) is 9.86. The minimum absolute atomic E-state index is 0.0151. The lowest BCUT2D eigenvalue weighted by atomic mass is 10.00. The molecule has 0 amide bonds. The Kier molecular flexibility index (Phi) is 8.73. The van der Waals surface area contributed by atoms with Gasteiger partial charge in [-0.1, -0.05) is 50.3 Å². The third kappa shape index (κ3) is 6.75. The first kappa shape index (κ1) is 23.9. The standard InChI is InChI=1S/C19H26INO4SSi/c1-7-12-21(26(23,24)13-14-27(4,5)6)18(15(2)19(22)25-3)16-10-8-9-11-17(16)20/h1,8-11,18H,2,12-14H2,3-6H3. The van der Waals surface area contributed by atoms with Crippen LogP contribution in [0.1, 0.15) is 11.6 Å². The van der Waals surface area contributed by atoms with Gasteiger partial charge in [-0.3, -0.25) is 0 Å². The Morgan fingerprint density at radius 3 is 2.44 bits per heavy atom. The Labute approximate surface area is 177 Å². The Bertz CT molecular complexity index is 840. The summed E-state index contributed by atoms with van der Waals surface area (Å²) in [6.07, 6.45) is 5.48. The van der Waals surface area contributed by atoms with Crippen LogP contribution in [0.25, 0.3) is 0 Å². The largest absolute Gasteiger partial charge is 0.466 e. The van der Waals surface area contributed by atoms with Crippen molar-refractivity contribution in [3.63, 3.8) is 0 Å². The summed E-state index contributed by atoms with van der Waals surface area (Å²) in [6, 6.07) is 6.94. The van der Waals surface area contributed by atoms with E-state index in [0.717, 1.165) is 3.57 Å². The van der Waals surface area contributed by atoms with Gasteiger partial charge in [-0.25, -0.2) is 13.2 Å². The molecule has 0 saturated carbocycles. The summed E-state index contributed by atoms with van der Waals surface area (Å²) in [5.41, 5.74) is 0.689. The van der Waals surface area contributed by atoms with Gasteiger partial charge in [0.05, 0.1) is 31.0 Å². The molecule has 0 heterocycles. The number of halogens is 1. The maximum atomic E-state index is 13.2. The minimum Gasteiger partial charge on any atom is -0.466 e. The summed E-state index contributed by atoms with van der Waals surface area (Å²) in [7, 11) is -4.06. The van der Waals surface area contributed by atoms with E-state index >= 15 is 0 Å². The molecular formula is C19H26INO4SSi. The fourth-order valence-electron chi connectivity index (χ4n) is 2.45. The van der Waals surface area contributed by atoms with E-state index in [1.54, 1.807) is 12.1 Å². The summed E-state index contributed by atoms with van der Waals surface area (Å²) in [6.45, 7) is 10.0. The Morgan fingerprint density at radius 2 is 1.96 bits per heavy atom. The molecule has 0 aliphatic carbocycles. The smallest absolute Gasteiger partial charge is 0.335 e. The van der Waals surface area contributed by atoms with E-state index in [1.165, 1.54) is 11.4 Å². The van der Waals surface area contributed by atoms with Gasteiger partial charge >= 0.3 is 5.97 Å². The first-order chi connectivity index (χ1) is 12.4. The molecule has 1 atom stereocenters. The number of terminal acetylenes is 1. The summed E-state index contributed by atoms with van der Waals surface area (Å²) < 4.78 is 33.1. The third-order valence-electron chi connectivity index (χ3n) is 3.98. The Morgan fingerprint density at radius 1 is 1.37 bits per heavy atom. The number of carbonyl (C=O) groups is 1. The quantitative estimate of drug-likeness (QED) is 0.164. The summed E-state index contributed by atoms with van der Waals surface area (Å²) in [4.78, 5) is 12.2. The first-order valence-corrected chi connectivity index (χ1v) is 14.8. The third-order valence-corrected chi connectivity index (χ3v) is 8.85. The van der Waals surface area contributed by atoms with Crippen molar-refractivity contribution in [2.75, 3.05) is 19.4 Å². The second-order valence-electron chi connectivity index (χ2n) is 7.32. The van der Waals surface area contributed by atoms with Gasteiger partial charge in [0.1, 0.15) is 0 Å². The molecule has 0 saturated heterocycles. The van der Waals surface area contributed by atoms with Crippen molar-refractivity contribution < 1.29 is 17.9 Å². The molecule has 8 heteroatoms. The van der Waals surface area contributed by atoms with E-state index in [1.807, 2.05) is 12.1 Å². The van der Waals surface area contributed by atoms with Crippen molar-refractivity contribution >= 4 is 46.7 Å². The highest BCUT2D eigenvalue weighted by molar-refractivity contribution is 14.1. The lowest BCUT2D eigenvalue weighted by Crippen LogP contribution is -2.40. The number of sulfonamides is 1. The van der Waals surface area contributed by atoms with Gasteiger partial charge in [0.25, 0.3) is 0 Å². The average Bonchev–Trinajstić information content (AvgIpc) is 2.59. The average molecular weight is 519 g/mol. The molecule has 0 aromatic heterocycles. The highest BCUT2D eigenvalue weighted by atomic mass is 127. The molecule has 0 bridgehead atoms. The van der Waals surface area contributed by atoms with Crippen molar-refractivity contribution in [1.29, 1.82) is 0 Å². The number of nitrogens with zero attached hydrogens (tertiary/aromatic N) is 1. The number of esters is 1. The molecule has 0 aliphatic heterocycles. The molecule has 148 valence electrons. The zero-order valence-corrected chi connectivity index (χ0v) is 20.1. The van der Waals surface area contributed by atoms with Crippen LogP contribution in [0.5, 0.6) is 0 Å². The Hall–Kier alpha value is -1.15. The van der Waals surface area contributed by atoms with Gasteiger partial charge < -0.3 is 4.74 Å². The van der Waals surface area contributed by atoms with E-state index in [2.05, 4.69) is 54.7 Å². The lowest BCUT2D eigenvalue weighted by Gasteiger charge is -2.31. The van der Waals surface area contributed by atoms with Gasteiger partial charge in [-0.05, 0) is 40.3 Å². The van der Waals surface area contributed by atoms with Crippen LogP contribution in [0.2, 0.25) is 25.7 Å². The molecule has 0 aliphatic rings. The number of rotatable bonds is 9. The number of hydrogen-bond acceptors (Lipinski definition) is 4. The molecule has 1 aromatic rings. The van der Waals surface area contributed by atoms with Gasteiger partial charge in [0, 0.05) is 11.6 Å². The monoisotopic (exact) mass is 519 g/mol. The van der Waals surface area contributed by atoms with Crippen molar-refractivity contribution in [1.82, 2.24) is 4.31 Å². The van der Waals surface area contributed by atoms with Gasteiger partial charge in [-0.15, -0.1) is 6.42 Å². The maximum absolute atomic E-state index is 13.2. The molecular weight excluding hydrogens is 493 g/mol. The van der Waals surface area contributed by atoms with Crippen LogP contribution in [-0.4, -0.2) is 46.2 Å². The predicted octanol–water partition coefficient (Wildman–Crippen LogP) is 3.66. The van der Waals surface area contributed by atoms with Crippen molar-refractivity contribution in [3.8, 4) is 12.3 Å². The van der Waals surface area contributed by atoms with Crippen LogP contribution < -0.4 is 0 Å². The first-order valence-electron chi connectivity index (χ1n) is 8.39. The van der Waals surface area contributed by atoms with Crippen LogP contribution in [0.15, 0.2) is 36.4 Å². The summed E-state index contributed by atoms with van der Waals surface area (Å²) in [5.74, 6) is 1.74. The highest BCUT2D eigenvalue weighted by Crippen LogP contribution is 2.34. The maximum Gasteiger partial charge on any atom is 0.335 e. The normalized spacial score (nSPS) is 13.1. The van der Waals surface area contributed by atoms with E-state index in [4.69, 9.17) is 11.2 Å². The van der Waals surface area contributed by atoms with Crippen LogP contribution in [-0.2, 0) is 19.6 Å².